The first-order chi connectivity index (χ1) is 8.97. The van der Waals surface area contributed by atoms with Crippen LogP contribution in [0.3, 0.4) is 0 Å². The normalized spacial score (nSPS) is 19.4. The average Bonchev–Trinajstić information content (AvgIpc) is 2.36. The Hall–Kier alpha value is -2.04. The zero-order valence-electron chi connectivity index (χ0n) is 11.1. The van der Waals surface area contributed by atoms with Crippen molar-refractivity contribution in [3.05, 3.63) is 29.3 Å². The van der Waals surface area contributed by atoms with E-state index >= 15 is 0 Å². The van der Waals surface area contributed by atoms with Crippen LogP contribution in [0.5, 0.6) is 0 Å². The second-order valence-electron chi connectivity index (χ2n) is 4.99. The minimum atomic E-state index is -0.919. The number of hydrogen-bond acceptors (Lipinski definition) is 3. The maximum absolute atomic E-state index is 11.4. The minimum absolute atomic E-state index is 0.177. The highest BCUT2D eigenvalue weighted by Crippen LogP contribution is 2.20. The van der Waals surface area contributed by atoms with Gasteiger partial charge in [0, 0.05) is 31.7 Å². The maximum Gasteiger partial charge on any atom is 0.335 e. The first-order valence-electron chi connectivity index (χ1n) is 6.32. The predicted molar refractivity (Wildman–Crippen MR) is 72.4 cm³/mol. The van der Waals surface area contributed by atoms with Gasteiger partial charge < -0.3 is 15.3 Å². The van der Waals surface area contributed by atoms with Crippen molar-refractivity contribution in [2.75, 3.05) is 18.9 Å². The summed E-state index contributed by atoms with van der Waals surface area (Å²) in [6, 6.07) is 5.25. The molecule has 2 rings (SSSR count). The Balaban J connectivity index is 2.07. The van der Waals surface area contributed by atoms with Crippen LogP contribution < -0.4 is 5.32 Å². The van der Waals surface area contributed by atoms with E-state index in [1.54, 1.807) is 30.1 Å². The van der Waals surface area contributed by atoms with E-state index in [-0.39, 0.29) is 11.9 Å². The van der Waals surface area contributed by atoms with Crippen LogP contribution in [0.4, 0.5) is 5.69 Å². The molecule has 5 nitrogen and oxygen atoms in total. The van der Waals surface area contributed by atoms with E-state index in [4.69, 9.17) is 5.11 Å². The summed E-state index contributed by atoms with van der Waals surface area (Å²) in [7, 11) is 1.80. The number of rotatable bonds is 3. The number of hydrogen-bond donors (Lipinski definition) is 2. The van der Waals surface area contributed by atoms with Gasteiger partial charge in [0.15, 0.2) is 0 Å². The molecule has 0 aromatic heterocycles. The number of aryl methyl sites for hydroxylation is 1. The Kier molecular flexibility index (Phi) is 3.74. The lowest BCUT2D eigenvalue weighted by molar-refractivity contribution is -0.132. The van der Waals surface area contributed by atoms with Crippen molar-refractivity contribution in [1.82, 2.24) is 4.90 Å². The summed E-state index contributed by atoms with van der Waals surface area (Å²) in [6.45, 7) is 2.56. The van der Waals surface area contributed by atoms with E-state index in [1.165, 1.54) is 0 Å². The smallest absolute Gasteiger partial charge is 0.335 e. The first kappa shape index (κ1) is 13.4. The molecule has 1 unspecified atom stereocenters. The largest absolute Gasteiger partial charge is 0.478 e. The molecule has 1 aliphatic rings. The van der Waals surface area contributed by atoms with Gasteiger partial charge in [-0.1, -0.05) is 0 Å². The van der Waals surface area contributed by atoms with Gasteiger partial charge in [-0.15, -0.1) is 0 Å². The topological polar surface area (TPSA) is 69.6 Å². The number of aromatic carboxylic acids is 1. The van der Waals surface area contributed by atoms with Gasteiger partial charge in [0.1, 0.15) is 0 Å². The third-order valence-corrected chi connectivity index (χ3v) is 3.46. The summed E-state index contributed by atoms with van der Waals surface area (Å²) in [5.74, 6) is -0.742. The molecule has 1 fully saturated rings. The van der Waals surface area contributed by atoms with Crippen LogP contribution in [0.25, 0.3) is 0 Å². The molecular weight excluding hydrogens is 244 g/mol. The van der Waals surface area contributed by atoms with E-state index in [0.717, 1.165) is 17.7 Å². The quantitative estimate of drug-likeness (QED) is 0.870. The van der Waals surface area contributed by atoms with Crippen LogP contribution in [0.1, 0.15) is 28.8 Å². The molecule has 1 atom stereocenters. The van der Waals surface area contributed by atoms with Crippen molar-refractivity contribution >= 4 is 17.6 Å². The van der Waals surface area contributed by atoms with Gasteiger partial charge in [0.05, 0.1) is 5.56 Å². The summed E-state index contributed by atoms with van der Waals surface area (Å²) in [4.78, 5) is 24.0. The molecule has 1 aromatic carbocycles. The summed E-state index contributed by atoms with van der Waals surface area (Å²) >= 11 is 0. The maximum atomic E-state index is 11.4. The Morgan fingerprint density at radius 3 is 2.79 bits per heavy atom. The number of carbonyl (C=O) groups is 2. The molecule has 5 heteroatoms. The number of carboxylic acid groups (broad SMARTS) is 1. The van der Waals surface area contributed by atoms with Gasteiger partial charge in [-0.3, -0.25) is 4.79 Å². The van der Waals surface area contributed by atoms with Gasteiger partial charge >= 0.3 is 5.97 Å². The minimum Gasteiger partial charge on any atom is -0.478 e. The standard InChI is InChI=1S/C14H18N2O3/c1-9-7-10(14(18)19)3-5-12(9)15-11-4-6-13(17)16(2)8-11/h3,5,7,11,15H,4,6,8H2,1-2H3,(H,18,19). The number of likely N-dealkylation sites (tertiary alicyclic amines) is 1. The molecule has 102 valence electrons. The Labute approximate surface area is 112 Å². The second-order valence-corrected chi connectivity index (χ2v) is 4.99. The van der Waals surface area contributed by atoms with E-state index in [9.17, 15) is 9.59 Å². The number of nitrogens with zero attached hydrogens (tertiary/aromatic N) is 1. The number of nitrogens with one attached hydrogen (secondary N) is 1. The van der Waals surface area contributed by atoms with Crippen molar-refractivity contribution in [1.29, 1.82) is 0 Å². The number of amides is 1. The zero-order valence-corrected chi connectivity index (χ0v) is 11.1. The van der Waals surface area contributed by atoms with Crippen molar-refractivity contribution in [3.63, 3.8) is 0 Å². The molecule has 1 aliphatic heterocycles. The Bertz CT molecular complexity index is 513. The first-order valence-corrected chi connectivity index (χ1v) is 6.32. The zero-order chi connectivity index (χ0) is 14.0. The number of piperidine rings is 1. The van der Waals surface area contributed by atoms with Crippen LogP contribution in [0, 0.1) is 6.92 Å². The summed E-state index contributed by atoms with van der Waals surface area (Å²) in [5.41, 5.74) is 2.12. The van der Waals surface area contributed by atoms with E-state index in [0.29, 0.717) is 18.5 Å². The molecule has 2 N–H and O–H groups in total. The lowest BCUT2D eigenvalue weighted by Gasteiger charge is -2.31. The lowest BCUT2D eigenvalue weighted by atomic mass is 10.0. The molecule has 19 heavy (non-hydrogen) atoms. The molecule has 0 radical (unpaired) electrons. The van der Waals surface area contributed by atoms with Gasteiger partial charge in [0.25, 0.3) is 0 Å². The molecule has 1 saturated heterocycles. The van der Waals surface area contributed by atoms with E-state index < -0.39 is 5.97 Å². The molecule has 0 bridgehead atoms. The molecule has 1 aromatic rings. The Morgan fingerprint density at radius 1 is 1.47 bits per heavy atom. The number of carboxylic acids is 1. The number of likely N-dealkylation sites (N-methyl/N-ethyl adjacent to an activating group) is 1. The highest BCUT2D eigenvalue weighted by Gasteiger charge is 2.22. The van der Waals surface area contributed by atoms with Crippen molar-refractivity contribution in [2.24, 2.45) is 0 Å². The number of benzene rings is 1. The van der Waals surface area contributed by atoms with Crippen LogP contribution >= 0.6 is 0 Å². The van der Waals surface area contributed by atoms with Crippen molar-refractivity contribution < 1.29 is 14.7 Å². The van der Waals surface area contributed by atoms with Gasteiger partial charge in [-0.2, -0.15) is 0 Å². The highest BCUT2D eigenvalue weighted by atomic mass is 16.4. The summed E-state index contributed by atoms with van der Waals surface area (Å²) < 4.78 is 0. The third-order valence-electron chi connectivity index (χ3n) is 3.46. The van der Waals surface area contributed by atoms with Crippen molar-refractivity contribution in [3.8, 4) is 0 Å². The number of anilines is 1. The fourth-order valence-corrected chi connectivity index (χ4v) is 2.31. The average molecular weight is 262 g/mol. The monoisotopic (exact) mass is 262 g/mol. The van der Waals surface area contributed by atoms with Gasteiger partial charge in [-0.25, -0.2) is 4.79 Å². The molecule has 0 aliphatic carbocycles. The predicted octanol–water partition coefficient (Wildman–Crippen LogP) is 1.73. The molecule has 0 spiro atoms. The highest BCUT2D eigenvalue weighted by molar-refractivity contribution is 5.88. The van der Waals surface area contributed by atoms with Gasteiger partial charge in [-0.05, 0) is 37.1 Å². The van der Waals surface area contributed by atoms with E-state index in [1.807, 2.05) is 6.92 Å². The third kappa shape index (κ3) is 3.05. The SMILES string of the molecule is Cc1cc(C(=O)O)ccc1NC1CCC(=O)N(C)C1. The van der Waals surface area contributed by atoms with Gasteiger partial charge in [0.2, 0.25) is 5.91 Å². The summed E-state index contributed by atoms with van der Waals surface area (Å²) in [5, 5.41) is 12.3. The number of carbonyl (C=O) groups excluding carboxylic acids is 1. The van der Waals surface area contributed by atoms with Crippen LogP contribution in [0.2, 0.25) is 0 Å². The van der Waals surface area contributed by atoms with Crippen LogP contribution in [-0.2, 0) is 4.79 Å². The molecular formula is C14H18N2O3. The van der Waals surface area contributed by atoms with Crippen LogP contribution in [0.15, 0.2) is 18.2 Å². The molecule has 0 saturated carbocycles. The van der Waals surface area contributed by atoms with E-state index in [2.05, 4.69) is 5.32 Å². The fourth-order valence-electron chi connectivity index (χ4n) is 2.31. The van der Waals surface area contributed by atoms with Crippen LogP contribution in [-0.4, -0.2) is 41.5 Å². The lowest BCUT2D eigenvalue weighted by Crippen LogP contribution is -2.43. The second kappa shape index (κ2) is 5.30. The Morgan fingerprint density at radius 2 is 2.21 bits per heavy atom. The fraction of sp³-hybridized carbons (Fsp3) is 0.429. The van der Waals surface area contributed by atoms with Crippen molar-refractivity contribution in [2.45, 2.75) is 25.8 Å². The molecule has 1 heterocycles. The molecule has 1 amide bonds. The summed E-state index contributed by atoms with van der Waals surface area (Å²) in [6.07, 6.45) is 1.36.